The number of nitrogens with one attached hydrogen (secondary N) is 1. The zero-order valence-corrected chi connectivity index (χ0v) is 15.0. The predicted molar refractivity (Wildman–Crippen MR) is 96.8 cm³/mol. The van der Waals surface area contributed by atoms with E-state index in [1.54, 1.807) is 48.5 Å². The number of rotatable bonds is 7. The van der Waals surface area contributed by atoms with Crippen LogP contribution in [0.15, 0.2) is 48.5 Å². The van der Waals surface area contributed by atoms with Crippen LogP contribution in [0.25, 0.3) is 0 Å². The van der Waals surface area contributed by atoms with Gasteiger partial charge in [0.15, 0.2) is 0 Å². The third-order valence-electron chi connectivity index (χ3n) is 3.41. The van der Waals surface area contributed by atoms with Crippen LogP contribution in [-0.2, 0) is 14.8 Å². The number of carbonyl (C=O) groups is 1. The minimum Gasteiger partial charge on any atom is -0.497 e. The second-order valence-electron chi connectivity index (χ2n) is 5.22. The molecule has 0 spiro atoms. The van der Waals surface area contributed by atoms with E-state index >= 15 is 0 Å². The lowest BCUT2D eigenvalue weighted by Gasteiger charge is -2.22. The molecule has 0 saturated heterocycles. The summed E-state index contributed by atoms with van der Waals surface area (Å²) < 4.78 is 35.5. The normalized spacial score (nSPS) is 10.8. The van der Waals surface area contributed by atoms with Crippen molar-refractivity contribution in [3.8, 4) is 11.5 Å². The molecule has 0 aliphatic carbocycles. The molecule has 0 aliphatic rings. The Morgan fingerprint density at radius 3 is 2.44 bits per heavy atom. The molecule has 0 unspecified atom stereocenters. The van der Waals surface area contributed by atoms with Crippen LogP contribution >= 0.6 is 0 Å². The standard InChI is InChI=1S/C17H20N2O5S/c1-23-14-8-6-7-13(11-14)19(25(3,21)22)12-17(20)18-15-9-4-5-10-16(15)24-2/h4-11H,12H2,1-3H3,(H,18,20). The molecule has 0 heterocycles. The zero-order chi connectivity index (χ0) is 18.4. The maximum atomic E-state index is 12.4. The average molecular weight is 364 g/mol. The molecule has 1 N–H and O–H groups in total. The van der Waals surface area contributed by atoms with Gasteiger partial charge < -0.3 is 14.8 Å². The van der Waals surface area contributed by atoms with Crippen molar-refractivity contribution in [1.29, 1.82) is 0 Å². The molecule has 7 nitrogen and oxygen atoms in total. The van der Waals surface area contributed by atoms with Gasteiger partial charge in [-0.2, -0.15) is 0 Å². The molecule has 1 amide bonds. The van der Waals surface area contributed by atoms with Gasteiger partial charge in [0.2, 0.25) is 15.9 Å². The second-order valence-corrected chi connectivity index (χ2v) is 7.13. The Kier molecular flexibility index (Phi) is 5.87. The van der Waals surface area contributed by atoms with E-state index in [1.807, 2.05) is 0 Å². The Morgan fingerprint density at radius 1 is 1.08 bits per heavy atom. The number of nitrogens with zero attached hydrogens (tertiary/aromatic N) is 1. The third-order valence-corrected chi connectivity index (χ3v) is 4.55. The van der Waals surface area contributed by atoms with E-state index in [4.69, 9.17) is 9.47 Å². The lowest BCUT2D eigenvalue weighted by Crippen LogP contribution is -2.37. The van der Waals surface area contributed by atoms with Crippen molar-refractivity contribution in [3.63, 3.8) is 0 Å². The number of para-hydroxylation sites is 2. The summed E-state index contributed by atoms with van der Waals surface area (Å²) in [5.41, 5.74) is 0.811. The van der Waals surface area contributed by atoms with E-state index in [2.05, 4.69) is 5.32 Å². The molecule has 134 valence electrons. The van der Waals surface area contributed by atoms with E-state index in [9.17, 15) is 13.2 Å². The van der Waals surface area contributed by atoms with Gasteiger partial charge in [0.1, 0.15) is 18.0 Å². The van der Waals surface area contributed by atoms with Gasteiger partial charge >= 0.3 is 0 Å². The zero-order valence-electron chi connectivity index (χ0n) is 14.2. The molecule has 0 saturated carbocycles. The number of benzene rings is 2. The minimum absolute atomic E-state index is 0.344. The van der Waals surface area contributed by atoms with Crippen LogP contribution in [0, 0.1) is 0 Å². The highest BCUT2D eigenvalue weighted by Crippen LogP contribution is 2.25. The summed E-state index contributed by atoms with van der Waals surface area (Å²) in [6, 6.07) is 13.4. The van der Waals surface area contributed by atoms with E-state index in [-0.39, 0.29) is 6.54 Å². The first-order valence-corrected chi connectivity index (χ1v) is 9.24. The van der Waals surface area contributed by atoms with Gasteiger partial charge in [0.05, 0.1) is 31.9 Å². The molecule has 0 aliphatic heterocycles. The quantitative estimate of drug-likeness (QED) is 0.813. The van der Waals surface area contributed by atoms with E-state index in [0.29, 0.717) is 22.9 Å². The van der Waals surface area contributed by atoms with Crippen LogP contribution in [0.1, 0.15) is 0 Å². The van der Waals surface area contributed by atoms with Gasteiger partial charge in [-0.1, -0.05) is 18.2 Å². The first kappa shape index (κ1) is 18.6. The van der Waals surface area contributed by atoms with Crippen molar-refractivity contribution in [3.05, 3.63) is 48.5 Å². The fourth-order valence-corrected chi connectivity index (χ4v) is 3.08. The van der Waals surface area contributed by atoms with E-state index < -0.39 is 15.9 Å². The molecular weight excluding hydrogens is 344 g/mol. The Balaban J connectivity index is 2.24. The van der Waals surface area contributed by atoms with Crippen molar-refractivity contribution < 1.29 is 22.7 Å². The van der Waals surface area contributed by atoms with Gasteiger partial charge in [-0.05, 0) is 24.3 Å². The van der Waals surface area contributed by atoms with Gasteiger partial charge in [-0.3, -0.25) is 9.10 Å². The molecule has 2 aromatic rings. The highest BCUT2D eigenvalue weighted by atomic mass is 32.2. The Bertz CT molecular complexity index is 852. The number of ether oxygens (including phenoxy) is 2. The van der Waals surface area contributed by atoms with Crippen molar-refractivity contribution in [2.75, 3.05) is 36.6 Å². The summed E-state index contributed by atoms with van der Waals surface area (Å²) >= 11 is 0. The fourth-order valence-electron chi connectivity index (χ4n) is 2.23. The first-order chi connectivity index (χ1) is 11.8. The summed E-state index contributed by atoms with van der Waals surface area (Å²) in [4.78, 5) is 12.4. The predicted octanol–water partition coefficient (Wildman–Crippen LogP) is 2.11. The molecule has 2 rings (SSSR count). The van der Waals surface area contributed by atoms with Gasteiger partial charge in [-0.15, -0.1) is 0 Å². The molecule has 25 heavy (non-hydrogen) atoms. The van der Waals surface area contributed by atoms with Gasteiger partial charge in [0, 0.05) is 6.07 Å². The van der Waals surface area contributed by atoms with Crippen molar-refractivity contribution in [2.45, 2.75) is 0 Å². The van der Waals surface area contributed by atoms with Crippen LogP contribution in [0.4, 0.5) is 11.4 Å². The summed E-state index contributed by atoms with van der Waals surface area (Å²) in [6.07, 6.45) is 1.04. The maximum Gasteiger partial charge on any atom is 0.245 e. The Labute approximate surface area is 147 Å². The van der Waals surface area contributed by atoms with Crippen molar-refractivity contribution >= 4 is 27.3 Å². The lowest BCUT2D eigenvalue weighted by atomic mass is 10.3. The number of sulfonamides is 1. The van der Waals surface area contributed by atoms with E-state index in [1.165, 1.54) is 14.2 Å². The van der Waals surface area contributed by atoms with Crippen molar-refractivity contribution in [1.82, 2.24) is 0 Å². The summed E-state index contributed by atoms with van der Waals surface area (Å²) in [5, 5.41) is 2.66. The average Bonchev–Trinajstić information content (AvgIpc) is 2.59. The van der Waals surface area contributed by atoms with Crippen LogP contribution in [0.3, 0.4) is 0 Å². The highest BCUT2D eigenvalue weighted by Gasteiger charge is 2.21. The number of anilines is 2. The van der Waals surface area contributed by atoms with Crippen LogP contribution in [-0.4, -0.2) is 41.3 Å². The highest BCUT2D eigenvalue weighted by molar-refractivity contribution is 7.92. The number of amides is 1. The first-order valence-electron chi connectivity index (χ1n) is 7.40. The van der Waals surface area contributed by atoms with Crippen LogP contribution in [0.5, 0.6) is 11.5 Å². The Morgan fingerprint density at radius 2 is 1.80 bits per heavy atom. The number of carbonyl (C=O) groups excluding carboxylic acids is 1. The molecule has 0 atom stereocenters. The summed E-state index contributed by atoms with van der Waals surface area (Å²) in [6.45, 7) is -0.371. The van der Waals surface area contributed by atoms with E-state index in [0.717, 1.165) is 10.6 Å². The molecule has 2 aromatic carbocycles. The molecule has 0 bridgehead atoms. The third kappa shape index (κ3) is 4.87. The maximum absolute atomic E-state index is 12.4. The number of hydrogen-bond donors (Lipinski definition) is 1. The molecule has 0 fully saturated rings. The SMILES string of the molecule is COc1cccc(N(CC(=O)Nc2ccccc2OC)S(C)(=O)=O)c1. The monoisotopic (exact) mass is 364 g/mol. The summed E-state index contributed by atoms with van der Waals surface area (Å²) in [5.74, 6) is 0.497. The van der Waals surface area contributed by atoms with Gasteiger partial charge in [0.25, 0.3) is 0 Å². The smallest absolute Gasteiger partial charge is 0.245 e. The van der Waals surface area contributed by atoms with Gasteiger partial charge in [-0.25, -0.2) is 8.42 Å². The number of methoxy groups -OCH3 is 2. The van der Waals surface area contributed by atoms with Crippen LogP contribution < -0.4 is 19.1 Å². The Hall–Kier alpha value is -2.74. The lowest BCUT2D eigenvalue weighted by molar-refractivity contribution is -0.114. The van der Waals surface area contributed by atoms with Crippen LogP contribution in [0.2, 0.25) is 0 Å². The largest absolute Gasteiger partial charge is 0.497 e. The number of hydrogen-bond acceptors (Lipinski definition) is 5. The topological polar surface area (TPSA) is 84.9 Å². The van der Waals surface area contributed by atoms with Crippen molar-refractivity contribution in [2.24, 2.45) is 0 Å². The molecular formula is C17H20N2O5S. The minimum atomic E-state index is -3.66. The molecule has 8 heteroatoms. The second kappa shape index (κ2) is 7.89. The fraction of sp³-hybridized carbons (Fsp3) is 0.235. The molecule has 0 aromatic heterocycles. The molecule has 0 radical (unpaired) electrons. The summed E-state index contributed by atoms with van der Waals surface area (Å²) in [7, 11) is -0.686.